The first-order chi connectivity index (χ1) is 16.2. The number of nitrogens with one attached hydrogen (secondary N) is 3. The number of aromatic amines is 1. The van der Waals surface area contributed by atoms with Gasteiger partial charge in [-0.05, 0) is 42.5 Å². The highest BCUT2D eigenvalue weighted by molar-refractivity contribution is 6.06. The number of H-pyrrole nitrogens is 1. The molecule has 0 saturated carbocycles. The van der Waals surface area contributed by atoms with Crippen molar-refractivity contribution in [2.24, 2.45) is 0 Å². The molecule has 1 fully saturated rings. The molecule has 5 rings (SSSR count). The van der Waals surface area contributed by atoms with Gasteiger partial charge >= 0.3 is 6.03 Å². The second-order valence-electron chi connectivity index (χ2n) is 7.67. The first-order valence-corrected chi connectivity index (χ1v) is 10.7. The Morgan fingerprint density at radius 3 is 2.45 bits per heavy atom. The number of benzene rings is 2. The monoisotopic (exact) mass is 441 g/mol. The van der Waals surface area contributed by atoms with Gasteiger partial charge in [0.25, 0.3) is 5.91 Å². The highest BCUT2D eigenvalue weighted by Crippen LogP contribution is 2.26. The average Bonchev–Trinajstić information content (AvgIpc) is 3.34. The van der Waals surface area contributed by atoms with Crippen molar-refractivity contribution in [2.45, 2.75) is 0 Å². The standard InChI is InChI=1S/C24H23N7O2/c32-22(30-14-12-25-13-15-30)17-6-8-18(9-7-17)28-24(33)31(19-4-2-1-3-5-19)23-27-16-21-20(29-23)10-11-26-21/h1-11,16,25H,12-15H2,(H,27,29)(H,28,33). The Bertz CT molecular complexity index is 1220. The number of anilines is 3. The van der Waals surface area contributed by atoms with E-state index in [-0.39, 0.29) is 11.9 Å². The summed E-state index contributed by atoms with van der Waals surface area (Å²) < 4.78 is 0. The van der Waals surface area contributed by atoms with Crippen LogP contribution in [0.5, 0.6) is 0 Å². The first-order valence-electron chi connectivity index (χ1n) is 10.7. The SMILES string of the molecule is O=C(c1ccc(NC(=O)N(c2ccccc2)c2ncc3nccc-3[nH]2)cc1)N1CCNCC1. The maximum absolute atomic E-state index is 13.3. The zero-order valence-electron chi connectivity index (χ0n) is 17.9. The molecule has 1 saturated heterocycles. The summed E-state index contributed by atoms with van der Waals surface area (Å²) in [6, 6.07) is 17.6. The van der Waals surface area contributed by atoms with Crippen LogP contribution in [0.3, 0.4) is 0 Å². The van der Waals surface area contributed by atoms with Gasteiger partial charge in [-0.2, -0.15) is 0 Å². The lowest BCUT2D eigenvalue weighted by Crippen LogP contribution is -2.46. The summed E-state index contributed by atoms with van der Waals surface area (Å²) in [5.41, 5.74) is 3.33. The van der Waals surface area contributed by atoms with Crippen LogP contribution >= 0.6 is 0 Å². The van der Waals surface area contributed by atoms with E-state index in [0.29, 0.717) is 36.0 Å². The van der Waals surface area contributed by atoms with E-state index >= 15 is 0 Å². The molecular formula is C24H23N7O2. The fraction of sp³-hybridized carbons (Fsp3) is 0.167. The minimum absolute atomic E-state index is 0.00398. The smallest absolute Gasteiger partial charge is 0.333 e. The second kappa shape index (κ2) is 9.09. The van der Waals surface area contributed by atoms with Crippen molar-refractivity contribution < 1.29 is 9.59 Å². The third-order valence-electron chi connectivity index (χ3n) is 5.50. The summed E-state index contributed by atoms with van der Waals surface area (Å²) in [5, 5.41) is 6.14. The quantitative estimate of drug-likeness (QED) is 0.450. The van der Waals surface area contributed by atoms with E-state index in [2.05, 4.69) is 25.6 Å². The van der Waals surface area contributed by atoms with Gasteiger partial charge < -0.3 is 20.5 Å². The van der Waals surface area contributed by atoms with Gasteiger partial charge in [-0.15, -0.1) is 0 Å². The predicted molar refractivity (Wildman–Crippen MR) is 126 cm³/mol. The van der Waals surface area contributed by atoms with Crippen LogP contribution in [0.25, 0.3) is 11.4 Å². The van der Waals surface area contributed by atoms with E-state index < -0.39 is 0 Å². The van der Waals surface area contributed by atoms with Gasteiger partial charge in [0.15, 0.2) is 0 Å². The van der Waals surface area contributed by atoms with E-state index in [4.69, 9.17) is 0 Å². The lowest BCUT2D eigenvalue weighted by Gasteiger charge is -2.27. The summed E-state index contributed by atoms with van der Waals surface area (Å²) in [6.07, 6.45) is 3.31. The minimum atomic E-state index is -0.384. The third kappa shape index (κ3) is 4.39. The first kappa shape index (κ1) is 20.7. The molecule has 9 nitrogen and oxygen atoms in total. The predicted octanol–water partition coefficient (Wildman–Crippen LogP) is 3.33. The summed E-state index contributed by atoms with van der Waals surface area (Å²) in [4.78, 5) is 41.1. The lowest BCUT2D eigenvalue weighted by molar-refractivity contribution is 0.0736. The molecule has 3 amide bonds. The van der Waals surface area contributed by atoms with E-state index in [0.717, 1.165) is 24.5 Å². The van der Waals surface area contributed by atoms with Crippen LogP contribution in [-0.2, 0) is 0 Å². The molecule has 0 aliphatic carbocycles. The average molecular weight is 441 g/mol. The molecule has 33 heavy (non-hydrogen) atoms. The van der Waals surface area contributed by atoms with E-state index in [9.17, 15) is 9.59 Å². The van der Waals surface area contributed by atoms with Gasteiger partial charge in [-0.3, -0.25) is 9.78 Å². The molecule has 9 heteroatoms. The normalized spacial score (nSPS) is 13.6. The summed E-state index contributed by atoms with van der Waals surface area (Å²) in [7, 11) is 0. The molecule has 0 unspecified atom stereocenters. The van der Waals surface area contributed by atoms with E-state index in [1.54, 1.807) is 36.7 Å². The molecule has 0 spiro atoms. The summed E-state index contributed by atoms with van der Waals surface area (Å²) in [5.74, 6) is 0.361. The van der Waals surface area contributed by atoms with Gasteiger partial charge in [0, 0.05) is 43.6 Å². The van der Waals surface area contributed by atoms with Crippen molar-refractivity contribution in [1.82, 2.24) is 25.2 Å². The number of amides is 3. The van der Waals surface area contributed by atoms with Crippen LogP contribution < -0.4 is 15.5 Å². The van der Waals surface area contributed by atoms with Gasteiger partial charge in [0.1, 0.15) is 5.69 Å². The molecule has 0 atom stereocenters. The molecule has 3 aliphatic heterocycles. The number of nitrogens with zero attached hydrogens (tertiary/aromatic N) is 4. The second-order valence-corrected chi connectivity index (χ2v) is 7.67. The fourth-order valence-corrected chi connectivity index (χ4v) is 3.78. The number of hydrogen-bond donors (Lipinski definition) is 3. The highest BCUT2D eigenvalue weighted by atomic mass is 16.2. The molecule has 3 N–H and O–H groups in total. The van der Waals surface area contributed by atoms with Crippen molar-refractivity contribution >= 4 is 29.3 Å². The number of urea groups is 1. The van der Waals surface area contributed by atoms with E-state index in [1.165, 1.54) is 4.90 Å². The molecule has 166 valence electrons. The zero-order chi connectivity index (χ0) is 22.6. The molecular weight excluding hydrogens is 418 g/mol. The number of hydrogen-bond acceptors (Lipinski definition) is 5. The Labute approximate surface area is 190 Å². The van der Waals surface area contributed by atoms with Crippen molar-refractivity contribution in [3.63, 3.8) is 0 Å². The van der Waals surface area contributed by atoms with Crippen molar-refractivity contribution in [1.29, 1.82) is 0 Å². The summed E-state index contributed by atoms with van der Waals surface area (Å²) >= 11 is 0. The molecule has 2 aromatic carbocycles. The molecule has 0 radical (unpaired) electrons. The van der Waals surface area contributed by atoms with Crippen LogP contribution in [0, 0.1) is 0 Å². The molecule has 3 heterocycles. The van der Waals surface area contributed by atoms with Gasteiger partial charge in [-0.1, -0.05) is 18.2 Å². The lowest BCUT2D eigenvalue weighted by atomic mass is 10.1. The Morgan fingerprint density at radius 2 is 1.70 bits per heavy atom. The largest absolute Gasteiger partial charge is 0.336 e. The van der Waals surface area contributed by atoms with Crippen molar-refractivity contribution in [2.75, 3.05) is 36.4 Å². The number of carbonyl (C=O) groups excluding carboxylic acids is 2. The van der Waals surface area contributed by atoms with Crippen LogP contribution in [0.2, 0.25) is 0 Å². The maximum atomic E-state index is 13.3. The minimum Gasteiger partial charge on any atom is -0.336 e. The molecule has 2 aromatic rings. The number of para-hydroxylation sites is 1. The third-order valence-corrected chi connectivity index (χ3v) is 5.50. The Hall–Kier alpha value is -4.24. The van der Waals surface area contributed by atoms with Crippen molar-refractivity contribution in [3.8, 4) is 11.4 Å². The van der Waals surface area contributed by atoms with Gasteiger partial charge in [-0.25, -0.2) is 14.7 Å². The number of carbonyl (C=O) groups is 2. The van der Waals surface area contributed by atoms with Crippen LogP contribution in [0.15, 0.2) is 73.1 Å². The number of piperazine rings is 1. The Morgan fingerprint density at radius 1 is 0.939 bits per heavy atom. The van der Waals surface area contributed by atoms with E-state index in [1.807, 2.05) is 41.3 Å². The molecule has 0 bridgehead atoms. The van der Waals surface area contributed by atoms with Gasteiger partial charge in [0.05, 0.1) is 17.6 Å². The topological polar surface area (TPSA) is 106 Å². The Balaban J connectivity index is 1.37. The number of aromatic nitrogens is 3. The number of fused-ring (bicyclic) bond motifs is 1. The fourth-order valence-electron chi connectivity index (χ4n) is 3.78. The highest BCUT2D eigenvalue weighted by Gasteiger charge is 2.22. The Kier molecular flexibility index (Phi) is 5.69. The maximum Gasteiger partial charge on any atom is 0.333 e. The van der Waals surface area contributed by atoms with Crippen molar-refractivity contribution in [3.05, 3.63) is 78.6 Å². The summed E-state index contributed by atoms with van der Waals surface area (Å²) in [6.45, 7) is 2.98. The van der Waals surface area contributed by atoms with Crippen LogP contribution in [0.1, 0.15) is 10.4 Å². The zero-order valence-corrected chi connectivity index (χ0v) is 17.9. The molecule has 0 aromatic heterocycles. The molecule has 3 aliphatic rings. The van der Waals surface area contributed by atoms with Crippen LogP contribution in [-0.4, -0.2) is 58.0 Å². The van der Waals surface area contributed by atoms with Crippen LogP contribution in [0.4, 0.5) is 22.1 Å². The van der Waals surface area contributed by atoms with Gasteiger partial charge in [0.2, 0.25) is 5.95 Å². The number of rotatable bonds is 4.